The minimum atomic E-state index is -1.14. The summed E-state index contributed by atoms with van der Waals surface area (Å²) in [7, 11) is 8.47. The maximum absolute atomic E-state index is 10.9. The lowest BCUT2D eigenvalue weighted by molar-refractivity contribution is -0.174. The molecule has 0 radical (unpaired) electrons. The van der Waals surface area contributed by atoms with E-state index < -0.39 is 6.29 Å². The SMILES string of the molecule is COc1cc2c(cc1OC)[C@@H]1O[C@H](O)c3c(ccc(OC)c3OC)[C@H]1N(C)CC2. The van der Waals surface area contributed by atoms with Crippen LogP contribution in [0.25, 0.3) is 0 Å². The molecule has 0 saturated carbocycles. The normalized spacial score (nSPS) is 23.3. The van der Waals surface area contributed by atoms with E-state index in [0.717, 1.165) is 29.7 Å². The second-order valence-electron chi connectivity index (χ2n) is 7.29. The Balaban J connectivity index is 1.90. The first-order valence-electron chi connectivity index (χ1n) is 9.57. The van der Waals surface area contributed by atoms with E-state index in [-0.39, 0.29) is 12.1 Å². The maximum atomic E-state index is 10.9. The Morgan fingerprint density at radius 3 is 2.28 bits per heavy atom. The van der Waals surface area contributed by atoms with E-state index in [1.807, 2.05) is 24.3 Å². The zero-order valence-electron chi connectivity index (χ0n) is 17.4. The van der Waals surface area contributed by atoms with Gasteiger partial charge in [-0.2, -0.15) is 0 Å². The smallest absolute Gasteiger partial charge is 0.186 e. The van der Waals surface area contributed by atoms with Gasteiger partial charge in [-0.05, 0) is 48.4 Å². The molecule has 0 unspecified atom stereocenters. The molecule has 2 aliphatic rings. The summed E-state index contributed by atoms with van der Waals surface area (Å²) in [6.07, 6.45) is -0.664. The third-order valence-electron chi connectivity index (χ3n) is 5.91. The minimum absolute atomic E-state index is 0.0902. The molecular weight excluding hydrogens is 374 g/mol. The summed E-state index contributed by atoms with van der Waals surface area (Å²) in [6, 6.07) is 7.74. The van der Waals surface area contributed by atoms with Crippen molar-refractivity contribution in [1.82, 2.24) is 4.90 Å². The summed E-state index contributed by atoms with van der Waals surface area (Å²) < 4.78 is 28.2. The highest BCUT2D eigenvalue weighted by Crippen LogP contribution is 2.53. The molecule has 0 aliphatic carbocycles. The van der Waals surface area contributed by atoms with Crippen LogP contribution < -0.4 is 18.9 Å². The summed E-state index contributed by atoms with van der Waals surface area (Å²) in [5.41, 5.74) is 3.70. The summed E-state index contributed by atoms with van der Waals surface area (Å²) in [5.74, 6) is 2.40. The van der Waals surface area contributed by atoms with Gasteiger partial charge < -0.3 is 28.8 Å². The van der Waals surface area contributed by atoms with Crippen LogP contribution in [0.2, 0.25) is 0 Å². The summed E-state index contributed by atoms with van der Waals surface area (Å²) >= 11 is 0. The number of fused-ring (bicyclic) bond motifs is 5. The van der Waals surface area contributed by atoms with Crippen molar-refractivity contribution in [3.05, 3.63) is 46.5 Å². The van der Waals surface area contributed by atoms with Gasteiger partial charge in [-0.1, -0.05) is 6.07 Å². The molecule has 0 aromatic heterocycles. The molecule has 0 spiro atoms. The molecule has 156 valence electrons. The van der Waals surface area contributed by atoms with Crippen molar-refractivity contribution in [2.24, 2.45) is 0 Å². The Labute approximate surface area is 170 Å². The highest BCUT2D eigenvalue weighted by molar-refractivity contribution is 5.55. The third-order valence-corrected chi connectivity index (χ3v) is 5.91. The molecule has 1 N–H and O–H groups in total. The molecule has 7 heteroatoms. The van der Waals surface area contributed by atoms with Crippen molar-refractivity contribution in [2.45, 2.75) is 24.9 Å². The van der Waals surface area contributed by atoms with E-state index in [0.29, 0.717) is 28.6 Å². The second-order valence-corrected chi connectivity index (χ2v) is 7.29. The Bertz CT molecular complexity index is 915. The van der Waals surface area contributed by atoms with Gasteiger partial charge in [-0.3, -0.25) is 4.90 Å². The van der Waals surface area contributed by atoms with Gasteiger partial charge in [0.2, 0.25) is 0 Å². The van der Waals surface area contributed by atoms with Crippen LogP contribution in [0.5, 0.6) is 23.0 Å². The Morgan fingerprint density at radius 2 is 1.62 bits per heavy atom. The molecular formula is C22H27NO6. The summed E-state index contributed by atoms with van der Waals surface area (Å²) in [5, 5.41) is 10.9. The largest absolute Gasteiger partial charge is 0.493 e. The molecule has 3 atom stereocenters. The number of nitrogens with zero attached hydrogens (tertiary/aromatic N) is 1. The van der Waals surface area contributed by atoms with Gasteiger partial charge in [0.1, 0.15) is 6.10 Å². The van der Waals surface area contributed by atoms with Crippen molar-refractivity contribution in [3.63, 3.8) is 0 Å². The topological polar surface area (TPSA) is 69.6 Å². The van der Waals surface area contributed by atoms with Gasteiger partial charge in [0.15, 0.2) is 29.3 Å². The average Bonchev–Trinajstić information content (AvgIpc) is 2.88. The van der Waals surface area contributed by atoms with Gasteiger partial charge in [0.05, 0.1) is 40.0 Å². The average molecular weight is 401 g/mol. The monoisotopic (exact) mass is 401 g/mol. The number of hydrogen-bond acceptors (Lipinski definition) is 7. The fourth-order valence-corrected chi connectivity index (χ4v) is 4.49. The molecule has 0 fully saturated rings. The van der Waals surface area contributed by atoms with Gasteiger partial charge in [0.25, 0.3) is 0 Å². The molecule has 0 amide bonds. The number of likely N-dealkylation sites (N-methyl/N-ethyl adjacent to an activating group) is 1. The molecule has 2 aliphatic heterocycles. The zero-order valence-corrected chi connectivity index (χ0v) is 17.4. The number of hydrogen-bond donors (Lipinski definition) is 1. The van der Waals surface area contributed by atoms with Crippen LogP contribution >= 0.6 is 0 Å². The molecule has 2 aromatic carbocycles. The Hall–Kier alpha value is -2.48. The van der Waals surface area contributed by atoms with Gasteiger partial charge in [-0.25, -0.2) is 0 Å². The number of ether oxygens (including phenoxy) is 5. The number of methoxy groups -OCH3 is 4. The molecule has 29 heavy (non-hydrogen) atoms. The van der Waals surface area contributed by atoms with Crippen LogP contribution in [-0.2, 0) is 11.2 Å². The fourth-order valence-electron chi connectivity index (χ4n) is 4.49. The molecule has 0 bridgehead atoms. The lowest BCUT2D eigenvalue weighted by atomic mass is 9.87. The first kappa shape index (κ1) is 19.8. The van der Waals surface area contributed by atoms with Crippen LogP contribution in [0, 0.1) is 0 Å². The number of rotatable bonds is 4. The number of benzene rings is 2. The Morgan fingerprint density at radius 1 is 0.931 bits per heavy atom. The lowest BCUT2D eigenvalue weighted by Crippen LogP contribution is -2.35. The number of aliphatic hydroxyl groups is 1. The van der Waals surface area contributed by atoms with Crippen LogP contribution in [0.1, 0.15) is 40.7 Å². The summed E-state index contributed by atoms with van der Waals surface area (Å²) in [4.78, 5) is 2.25. The Kier molecular flexibility index (Phi) is 5.29. The van der Waals surface area contributed by atoms with Crippen LogP contribution in [-0.4, -0.2) is 52.0 Å². The lowest BCUT2D eigenvalue weighted by Gasteiger charge is -2.40. The highest BCUT2D eigenvalue weighted by Gasteiger charge is 2.43. The van der Waals surface area contributed by atoms with Gasteiger partial charge in [-0.15, -0.1) is 0 Å². The van der Waals surface area contributed by atoms with Crippen molar-refractivity contribution in [2.75, 3.05) is 42.0 Å². The van der Waals surface area contributed by atoms with Crippen LogP contribution in [0.4, 0.5) is 0 Å². The molecule has 2 aromatic rings. The maximum Gasteiger partial charge on any atom is 0.186 e. The van der Waals surface area contributed by atoms with Crippen molar-refractivity contribution in [3.8, 4) is 23.0 Å². The first-order valence-corrected chi connectivity index (χ1v) is 9.57. The predicted octanol–water partition coefficient (Wildman–Crippen LogP) is 3.01. The minimum Gasteiger partial charge on any atom is -0.493 e. The van der Waals surface area contributed by atoms with E-state index in [1.54, 1.807) is 28.4 Å². The van der Waals surface area contributed by atoms with E-state index in [4.69, 9.17) is 23.7 Å². The third kappa shape index (κ3) is 3.10. The highest BCUT2D eigenvalue weighted by atomic mass is 16.6. The van der Waals surface area contributed by atoms with Crippen LogP contribution in [0.15, 0.2) is 24.3 Å². The fraction of sp³-hybridized carbons (Fsp3) is 0.455. The quantitative estimate of drug-likeness (QED) is 0.845. The molecule has 4 rings (SSSR count). The van der Waals surface area contributed by atoms with Gasteiger partial charge >= 0.3 is 0 Å². The predicted molar refractivity (Wildman–Crippen MR) is 107 cm³/mol. The van der Waals surface area contributed by atoms with E-state index in [1.165, 1.54) is 0 Å². The zero-order chi connectivity index (χ0) is 20.7. The standard InChI is InChI=1S/C22H27NO6/c1-23-9-8-12-10-16(26-3)17(27-4)11-14(12)20-19(23)13-6-7-15(25-2)21(28-5)18(13)22(24)29-20/h6-7,10-11,19-20,22,24H,8-9H2,1-5H3/t19-,20+,22+/m1/s1. The van der Waals surface area contributed by atoms with Crippen molar-refractivity contribution in [1.29, 1.82) is 0 Å². The molecule has 2 heterocycles. The molecule has 0 saturated heterocycles. The van der Waals surface area contributed by atoms with Crippen molar-refractivity contribution >= 4 is 0 Å². The van der Waals surface area contributed by atoms with Crippen molar-refractivity contribution < 1.29 is 28.8 Å². The van der Waals surface area contributed by atoms with E-state index in [2.05, 4.69) is 11.9 Å². The first-order chi connectivity index (χ1) is 14.0. The summed E-state index contributed by atoms with van der Waals surface area (Å²) in [6.45, 7) is 0.830. The second kappa shape index (κ2) is 7.74. The van der Waals surface area contributed by atoms with E-state index >= 15 is 0 Å². The van der Waals surface area contributed by atoms with E-state index in [9.17, 15) is 5.11 Å². The van der Waals surface area contributed by atoms with Crippen LogP contribution in [0.3, 0.4) is 0 Å². The van der Waals surface area contributed by atoms with Gasteiger partial charge in [0, 0.05) is 6.54 Å². The molecule has 7 nitrogen and oxygen atoms in total. The number of aliphatic hydroxyl groups excluding tert-OH is 1.